The Morgan fingerprint density at radius 3 is 2.68 bits per heavy atom. The predicted molar refractivity (Wildman–Crippen MR) is 160 cm³/mol. The molecule has 3 saturated heterocycles. The summed E-state index contributed by atoms with van der Waals surface area (Å²) in [7, 11) is 1.61. The van der Waals surface area contributed by atoms with Gasteiger partial charge in [0.05, 0.1) is 17.9 Å². The molecule has 3 aromatic rings. The van der Waals surface area contributed by atoms with Crippen LogP contribution in [0.4, 0.5) is 17.2 Å². The molecule has 0 radical (unpaired) electrons. The first-order valence-electron chi connectivity index (χ1n) is 14.7. The summed E-state index contributed by atoms with van der Waals surface area (Å²) in [5.74, 6) is 8.81. The zero-order valence-electron chi connectivity index (χ0n) is 23.6. The number of hydrogen-bond donors (Lipinski definition) is 1. The molecule has 7 rings (SSSR count). The van der Waals surface area contributed by atoms with Crippen molar-refractivity contribution in [3.8, 4) is 28.8 Å². The van der Waals surface area contributed by atoms with Crippen LogP contribution in [-0.4, -0.2) is 78.3 Å². The number of nitrogens with zero attached hydrogens (tertiary/aromatic N) is 6. The van der Waals surface area contributed by atoms with Crippen LogP contribution in [0.1, 0.15) is 37.8 Å². The number of anilines is 3. The number of hydrogen-bond acceptors (Lipinski definition) is 9. The van der Waals surface area contributed by atoms with Crippen LogP contribution in [0.15, 0.2) is 48.7 Å². The van der Waals surface area contributed by atoms with Crippen LogP contribution in [0.3, 0.4) is 0 Å². The van der Waals surface area contributed by atoms with Crippen LogP contribution < -0.4 is 20.3 Å². The van der Waals surface area contributed by atoms with Crippen molar-refractivity contribution in [2.45, 2.75) is 50.2 Å². The molecule has 212 valence electrons. The van der Waals surface area contributed by atoms with E-state index in [1.165, 1.54) is 31.5 Å². The van der Waals surface area contributed by atoms with Gasteiger partial charge < -0.3 is 25.0 Å². The predicted octanol–water partition coefficient (Wildman–Crippen LogP) is 3.80. The second-order valence-corrected chi connectivity index (χ2v) is 11.6. The summed E-state index contributed by atoms with van der Waals surface area (Å²) in [5.41, 5.74) is 11.0. The fraction of sp³-hybridized carbons (Fsp3) is 0.469. The Balaban J connectivity index is 1.06. The molecule has 0 spiro atoms. The first-order chi connectivity index (χ1) is 20.2. The van der Waals surface area contributed by atoms with Crippen LogP contribution in [0.5, 0.6) is 5.75 Å². The molecule has 3 aliphatic heterocycles. The topological polar surface area (TPSA) is 92.9 Å². The van der Waals surface area contributed by atoms with Crippen molar-refractivity contribution in [3.05, 3.63) is 54.4 Å². The summed E-state index contributed by atoms with van der Waals surface area (Å²) in [6, 6.07) is 15.7. The molecule has 4 atom stereocenters. The van der Waals surface area contributed by atoms with E-state index in [1.54, 1.807) is 7.11 Å². The van der Waals surface area contributed by atoms with Crippen LogP contribution in [0, 0.1) is 17.8 Å². The molecule has 5 heterocycles. The Hall–Kier alpha value is -3.87. The average molecular weight is 552 g/mol. The van der Waals surface area contributed by atoms with Crippen LogP contribution in [0.25, 0.3) is 11.3 Å². The lowest BCUT2D eigenvalue weighted by atomic mass is 9.92. The second-order valence-electron chi connectivity index (χ2n) is 11.6. The monoisotopic (exact) mass is 551 g/mol. The normalized spacial score (nSPS) is 24.9. The van der Waals surface area contributed by atoms with E-state index in [1.807, 2.05) is 36.5 Å². The number of rotatable bonds is 7. The maximum atomic E-state index is 6.40. The van der Waals surface area contributed by atoms with E-state index >= 15 is 0 Å². The lowest BCUT2D eigenvalue weighted by Crippen LogP contribution is -2.54. The summed E-state index contributed by atoms with van der Waals surface area (Å²) in [5, 5.41) is 8.74. The molecule has 2 N–H and O–H groups in total. The van der Waals surface area contributed by atoms with Gasteiger partial charge in [-0.3, -0.25) is 4.90 Å². The third-order valence-corrected chi connectivity index (χ3v) is 9.22. The summed E-state index contributed by atoms with van der Waals surface area (Å²) in [6.45, 7) is 3.97. The van der Waals surface area contributed by atoms with Gasteiger partial charge in [-0.25, -0.2) is 4.98 Å². The molecule has 9 nitrogen and oxygen atoms in total. The van der Waals surface area contributed by atoms with E-state index in [2.05, 4.69) is 53.9 Å². The highest BCUT2D eigenvalue weighted by Gasteiger charge is 2.42. The number of pyridine rings is 1. The molecule has 41 heavy (non-hydrogen) atoms. The van der Waals surface area contributed by atoms with E-state index in [4.69, 9.17) is 15.2 Å². The molecule has 1 aliphatic carbocycles. The molecule has 9 heteroatoms. The highest BCUT2D eigenvalue weighted by molar-refractivity contribution is 5.75. The zero-order valence-corrected chi connectivity index (χ0v) is 23.6. The van der Waals surface area contributed by atoms with Crippen LogP contribution in [0.2, 0.25) is 0 Å². The summed E-state index contributed by atoms with van der Waals surface area (Å²) >= 11 is 0. The van der Waals surface area contributed by atoms with Crippen molar-refractivity contribution in [1.82, 2.24) is 20.1 Å². The van der Waals surface area contributed by atoms with Gasteiger partial charge >= 0.3 is 0 Å². The number of nitrogens with two attached hydrogens (primary N) is 1. The average Bonchev–Trinajstić information content (AvgIpc) is 3.50. The van der Waals surface area contributed by atoms with Crippen molar-refractivity contribution in [2.24, 2.45) is 5.92 Å². The maximum Gasteiger partial charge on any atom is 0.188 e. The van der Waals surface area contributed by atoms with Gasteiger partial charge in [0.25, 0.3) is 0 Å². The minimum absolute atomic E-state index is 0.166. The third-order valence-electron chi connectivity index (χ3n) is 9.22. The van der Waals surface area contributed by atoms with Gasteiger partial charge in [0.15, 0.2) is 12.6 Å². The van der Waals surface area contributed by atoms with Gasteiger partial charge in [0, 0.05) is 62.3 Å². The molecular weight excluding hydrogens is 514 g/mol. The number of para-hydroxylation sites is 1. The minimum atomic E-state index is 0.166. The summed E-state index contributed by atoms with van der Waals surface area (Å²) in [6.07, 6.45) is 8.30. The standard InChI is InChI=1S/C32H37N7O2/c1-40-21-41-31-10-3-2-8-27(31)28-17-30(32(33)36-35-28)38-19-25-11-12-26(20-38)39(25)24-13-14-34-23(16-24)7-5-15-37-18-22-6-4-9-29(22)37/h2-3,8,10,13-14,16-17,22,25-26,29H,4,6,9,11-12,15,18-21H2,1H3,(H2,33,36). The Labute approximate surface area is 241 Å². The maximum absolute atomic E-state index is 6.40. The number of piperazine rings is 1. The molecule has 4 aliphatic rings. The van der Waals surface area contributed by atoms with Crippen molar-refractivity contribution >= 4 is 17.2 Å². The molecule has 0 amide bonds. The molecule has 1 aromatic carbocycles. The Morgan fingerprint density at radius 2 is 1.85 bits per heavy atom. The third kappa shape index (κ3) is 5.07. The number of benzene rings is 1. The van der Waals surface area contributed by atoms with Gasteiger partial charge in [-0.15, -0.1) is 10.2 Å². The molecule has 2 aromatic heterocycles. The molecule has 4 unspecified atom stereocenters. The van der Waals surface area contributed by atoms with Crippen molar-refractivity contribution in [3.63, 3.8) is 0 Å². The molecule has 4 fully saturated rings. The van der Waals surface area contributed by atoms with Crippen LogP contribution >= 0.6 is 0 Å². The van der Waals surface area contributed by atoms with E-state index in [9.17, 15) is 0 Å². The van der Waals surface area contributed by atoms with E-state index < -0.39 is 0 Å². The lowest BCUT2D eigenvalue weighted by molar-refractivity contribution is 0.0515. The Morgan fingerprint density at radius 1 is 1.00 bits per heavy atom. The molecular formula is C32H37N7O2. The van der Waals surface area contributed by atoms with Crippen molar-refractivity contribution in [1.29, 1.82) is 0 Å². The molecule has 2 bridgehead atoms. The Bertz CT molecular complexity index is 1460. The van der Waals surface area contributed by atoms with Crippen LogP contribution in [-0.2, 0) is 4.74 Å². The second kappa shape index (κ2) is 11.2. The van der Waals surface area contributed by atoms with Gasteiger partial charge in [0.2, 0.25) is 0 Å². The number of aromatic nitrogens is 3. The highest BCUT2D eigenvalue weighted by atomic mass is 16.7. The SMILES string of the molecule is COCOc1ccccc1-c1cc(N2CC3CCC(C2)N3c2ccnc(C#CCN3CC4CCCC43)c2)c(N)nn1. The van der Waals surface area contributed by atoms with Crippen molar-refractivity contribution < 1.29 is 9.47 Å². The number of nitrogen functional groups attached to an aromatic ring is 1. The van der Waals surface area contributed by atoms with Gasteiger partial charge in [-0.05, 0) is 67.9 Å². The first kappa shape index (κ1) is 26.1. The Kier molecular flexibility index (Phi) is 7.11. The van der Waals surface area contributed by atoms with Crippen molar-refractivity contribution in [2.75, 3.05) is 55.6 Å². The summed E-state index contributed by atoms with van der Waals surface area (Å²) < 4.78 is 10.9. The van der Waals surface area contributed by atoms with Gasteiger partial charge in [-0.1, -0.05) is 24.5 Å². The first-order valence-corrected chi connectivity index (χ1v) is 14.7. The zero-order chi connectivity index (χ0) is 27.8. The number of likely N-dealkylation sites (tertiary alicyclic amines) is 1. The minimum Gasteiger partial charge on any atom is -0.467 e. The lowest BCUT2D eigenvalue weighted by Gasteiger charge is -2.43. The number of ether oxygens (including phenoxy) is 2. The summed E-state index contributed by atoms with van der Waals surface area (Å²) in [4.78, 5) is 12.0. The smallest absolute Gasteiger partial charge is 0.188 e. The van der Waals surface area contributed by atoms with Gasteiger partial charge in [-0.2, -0.15) is 0 Å². The van der Waals surface area contributed by atoms with E-state index in [-0.39, 0.29) is 6.79 Å². The quantitative estimate of drug-likeness (QED) is 0.348. The highest BCUT2D eigenvalue weighted by Crippen LogP contribution is 2.40. The molecule has 1 saturated carbocycles. The van der Waals surface area contributed by atoms with E-state index in [0.717, 1.165) is 67.1 Å². The largest absolute Gasteiger partial charge is 0.467 e. The number of methoxy groups -OCH3 is 1. The van der Waals surface area contributed by atoms with Gasteiger partial charge in [0.1, 0.15) is 11.4 Å². The fourth-order valence-electron chi connectivity index (χ4n) is 7.30. The fourth-order valence-corrected chi connectivity index (χ4v) is 7.30. The van der Waals surface area contributed by atoms with E-state index in [0.29, 0.717) is 23.7 Å². The number of fused-ring (bicyclic) bond motifs is 3.